The average Bonchev–Trinajstić information content (AvgIpc) is 3.48. The molecule has 3 aliphatic rings. The molecule has 3 fully saturated rings. The molecule has 0 radical (unpaired) electrons. The van der Waals surface area contributed by atoms with Crippen molar-refractivity contribution in [3.8, 4) is 0 Å². The van der Waals surface area contributed by atoms with E-state index in [2.05, 4.69) is 10.3 Å². The minimum atomic E-state index is -0.673. The van der Waals surface area contributed by atoms with Crippen LogP contribution in [0.5, 0.6) is 0 Å². The van der Waals surface area contributed by atoms with Crippen LogP contribution in [0.4, 0.5) is 4.79 Å². The number of urea groups is 1. The predicted octanol–water partition coefficient (Wildman–Crippen LogP) is 3.18. The van der Waals surface area contributed by atoms with Crippen LogP contribution in [0.2, 0.25) is 0 Å². The van der Waals surface area contributed by atoms with Crippen LogP contribution in [0.15, 0.2) is 28.7 Å². The van der Waals surface area contributed by atoms with E-state index < -0.39 is 5.54 Å². The number of piperidine rings is 1. The van der Waals surface area contributed by atoms with Gasteiger partial charge in [0.2, 0.25) is 5.91 Å². The van der Waals surface area contributed by atoms with Gasteiger partial charge in [0.05, 0.1) is 0 Å². The number of amides is 4. The molecular formula is C23H28N4O4. The third kappa shape index (κ3) is 3.68. The Hall–Kier alpha value is -2.90. The molecule has 1 spiro atoms. The van der Waals surface area contributed by atoms with Crippen molar-refractivity contribution in [1.82, 2.24) is 20.1 Å². The highest BCUT2D eigenvalue weighted by Crippen LogP contribution is 2.35. The molecular weight excluding hydrogens is 396 g/mol. The van der Waals surface area contributed by atoms with Gasteiger partial charge in [0, 0.05) is 32.0 Å². The lowest BCUT2D eigenvalue weighted by molar-refractivity contribution is -0.134. The highest BCUT2D eigenvalue weighted by Gasteiger charge is 2.52. The maximum atomic E-state index is 12.7. The second-order valence-electron chi connectivity index (χ2n) is 8.95. The number of carbonyl (C=O) groups excluding carboxylic acids is 3. The van der Waals surface area contributed by atoms with E-state index in [0.29, 0.717) is 32.5 Å². The molecule has 4 amide bonds. The second kappa shape index (κ2) is 7.98. The highest BCUT2D eigenvalue weighted by atomic mass is 16.3. The summed E-state index contributed by atoms with van der Waals surface area (Å²) >= 11 is 0. The third-order valence-corrected chi connectivity index (χ3v) is 6.98. The van der Waals surface area contributed by atoms with Crippen molar-refractivity contribution in [2.45, 2.75) is 62.8 Å². The van der Waals surface area contributed by atoms with Crippen molar-refractivity contribution < 1.29 is 18.8 Å². The normalized spacial score (nSPS) is 21.4. The molecule has 2 saturated heterocycles. The van der Waals surface area contributed by atoms with E-state index in [4.69, 9.17) is 4.42 Å². The van der Waals surface area contributed by atoms with E-state index in [1.165, 1.54) is 4.90 Å². The number of fused-ring (bicyclic) bond motifs is 1. The molecule has 3 heterocycles. The molecule has 2 aliphatic heterocycles. The van der Waals surface area contributed by atoms with Crippen molar-refractivity contribution >= 4 is 28.9 Å². The molecule has 1 aromatic heterocycles. The Kier molecular flexibility index (Phi) is 5.16. The second-order valence-corrected chi connectivity index (χ2v) is 8.95. The van der Waals surface area contributed by atoms with E-state index in [1.807, 2.05) is 29.2 Å². The first-order valence-electron chi connectivity index (χ1n) is 11.3. The quantitative estimate of drug-likeness (QED) is 0.744. The number of nitrogens with one attached hydrogen (secondary N) is 1. The molecule has 8 nitrogen and oxygen atoms in total. The molecule has 8 heteroatoms. The molecule has 164 valence electrons. The third-order valence-electron chi connectivity index (χ3n) is 6.98. The van der Waals surface area contributed by atoms with E-state index in [1.54, 1.807) is 0 Å². The summed E-state index contributed by atoms with van der Waals surface area (Å²) in [5.41, 5.74) is 1.000. The van der Waals surface area contributed by atoms with Crippen molar-refractivity contribution in [3.63, 3.8) is 0 Å². The number of imide groups is 1. The number of oxazole rings is 1. The Morgan fingerprint density at radius 2 is 1.90 bits per heavy atom. The zero-order chi connectivity index (χ0) is 21.4. The summed E-state index contributed by atoms with van der Waals surface area (Å²) in [7, 11) is 0. The first-order chi connectivity index (χ1) is 15.1. The average molecular weight is 425 g/mol. The van der Waals surface area contributed by atoms with Crippen LogP contribution in [0, 0.1) is 0 Å². The van der Waals surface area contributed by atoms with Gasteiger partial charge in [0.25, 0.3) is 5.91 Å². The number of hydrogen-bond acceptors (Lipinski definition) is 5. The van der Waals surface area contributed by atoms with E-state index in [9.17, 15) is 14.4 Å². The number of nitrogens with zero attached hydrogens (tertiary/aromatic N) is 3. The molecule has 0 bridgehead atoms. The van der Waals surface area contributed by atoms with Crippen LogP contribution in [-0.2, 0) is 9.59 Å². The van der Waals surface area contributed by atoms with Gasteiger partial charge in [-0.3, -0.25) is 14.5 Å². The number of hydrogen-bond donors (Lipinski definition) is 1. The molecule has 1 N–H and O–H groups in total. The lowest BCUT2D eigenvalue weighted by atomic mass is 9.96. The van der Waals surface area contributed by atoms with Crippen LogP contribution >= 0.6 is 0 Å². The molecule has 1 saturated carbocycles. The Labute approximate surface area is 181 Å². The Morgan fingerprint density at radius 1 is 1.16 bits per heavy atom. The van der Waals surface area contributed by atoms with Crippen molar-refractivity contribution in [3.05, 3.63) is 30.2 Å². The lowest BCUT2D eigenvalue weighted by Gasteiger charge is -2.30. The fourth-order valence-corrected chi connectivity index (χ4v) is 5.18. The van der Waals surface area contributed by atoms with Gasteiger partial charge in [0.15, 0.2) is 11.5 Å². The molecule has 5 rings (SSSR count). The van der Waals surface area contributed by atoms with E-state index >= 15 is 0 Å². The number of carbonyl (C=O) groups is 3. The first-order valence-corrected chi connectivity index (χ1v) is 11.3. The van der Waals surface area contributed by atoms with E-state index in [0.717, 1.165) is 55.5 Å². The number of likely N-dealkylation sites (tertiary alicyclic amines) is 1. The minimum Gasteiger partial charge on any atom is -0.440 e. The maximum absolute atomic E-state index is 12.7. The van der Waals surface area contributed by atoms with E-state index in [-0.39, 0.29) is 23.8 Å². The van der Waals surface area contributed by atoms with Crippen molar-refractivity contribution in [2.24, 2.45) is 0 Å². The Morgan fingerprint density at radius 3 is 2.65 bits per heavy atom. The summed E-state index contributed by atoms with van der Waals surface area (Å²) in [6.45, 7) is 1.65. The van der Waals surface area contributed by atoms with Crippen molar-refractivity contribution in [2.75, 3.05) is 19.6 Å². The minimum absolute atomic E-state index is 0.0821. The largest absolute Gasteiger partial charge is 0.440 e. The molecule has 2 aromatic rings. The molecule has 0 unspecified atom stereocenters. The highest BCUT2D eigenvalue weighted by molar-refractivity contribution is 6.07. The number of benzene rings is 1. The molecule has 31 heavy (non-hydrogen) atoms. The van der Waals surface area contributed by atoms with Gasteiger partial charge >= 0.3 is 6.03 Å². The smallest absolute Gasteiger partial charge is 0.325 e. The van der Waals surface area contributed by atoms with Crippen LogP contribution < -0.4 is 5.32 Å². The summed E-state index contributed by atoms with van der Waals surface area (Å²) in [6.07, 6.45) is 5.89. The fraction of sp³-hybridized carbons (Fsp3) is 0.565. The van der Waals surface area contributed by atoms with Crippen molar-refractivity contribution in [1.29, 1.82) is 0 Å². The topological polar surface area (TPSA) is 95.8 Å². The van der Waals surface area contributed by atoms with Gasteiger partial charge < -0.3 is 14.6 Å². The zero-order valence-electron chi connectivity index (χ0n) is 17.6. The van der Waals surface area contributed by atoms with Gasteiger partial charge in [-0.05, 0) is 44.2 Å². The van der Waals surface area contributed by atoms with Crippen LogP contribution in [-0.4, -0.2) is 57.8 Å². The molecule has 1 aliphatic carbocycles. The summed E-state index contributed by atoms with van der Waals surface area (Å²) in [6, 6.07) is 7.44. The van der Waals surface area contributed by atoms with Crippen LogP contribution in [0.1, 0.15) is 63.2 Å². The van der Waals surface area contributed by atoms with Crippen LogP contribution in [0.3, 0.4) is 0 Å². The number of para-hydroxylation sites is 2. The lowest BCUT2D eigenvalue weighted by Crippen LogP contribution is -2.44. The van der Waals surface area contributed by atoms with Gasteiger partial charge in [-0.2, -0.15) is 0 Å². The zero-order valence-corrected chi connectivity index (χ0v) is 17.6. The van der Waals surface area contributed by atoms with Gasteiger partial charge in [-0.1, -0.05) is 25.0 Å². The van der Waals surface area contributed by atoms with Crippen LogP contribution in [0.25, 0.3) is 11.1 Å². The SMILES string of the molecule is O=C(CCCN1C(=O)NC2(CCCC2)C1=O)N1CCC(c2nc3ccccc3o2)CC1. The summed E-state index contributed by atoms with van der Waals surface area (Å²) in [4.78, 5) is 45.4. The molecule has 0 atom stereocenters. The monoisotopic (exact) mass is 424 g/mol. The Balaban J connectivity index is 1.10. The summed E-state index contributed by atoms with van der Waals surface area (Å²) in [5, 5.41) is 2.89. The number of aromatic nitrogens is 1. The van der Waals surface area contributed by atoms with Gasteiger partial charge in [0.1, 0.15) is 11.1 Å². The maximum Gasteiger partial charge on any atom is 0.325 e. The summed E-state index contributed by atoms with van der Waals surface area (Å²) in [5.74, 6) is 0.956. The standard InChI is InChI=1S/C23H28N4O4/c28-19(8-5-13-27-21(29)23(25-22(27)30)11-3-4-12-23)26-14-9-16(10-15-26)20-24-17-6-1-2-7-18(17)31-20/h1-2,6-7,16H,3-5,8-15H2,(H,25,30). The molecule has 1 aromatic carbocycles. The van der Waals surface area contributed by atoms with Gasteiger partial charge in [-0.15, -0.1) is 0 Å². The predicted molar refractivity (Wildman–Crippen MR) is 113 cm³/mol. The van der Waals surface area contributed by atoms with Gasteiger partial charge in [-0.25, -0.2) is 9.78 Å². The summed E-state index contributed by atoms with van der Waals surface area (Å²) < 4.78 is 5.90. The Bertz CT molecular complexity index is 969. The number of rotatable bonds is 5. The first kappa shape index (κ1) is 20.0. The fourth-order valence-electron chi connectivity index (χ4n) is 5.18.